The third-order valence-electron chi connectivity index (χ3n) is 3.29. The number of ether oxygens (including phenoxy) is 1. The summed E-state index contributed by atoms with van der Waals surface area (Å²) in [4.78, 5) is 21.2. The summed E-state index contributed by atoms with van der Waals surface area (Å²) >= 11 is 1.36. The zero-order valence-electron chi connectivity index (χ0n) is 16.3. The molecule has 0 aliphatic heterocycles. The fourth-order valence-electron chi connectivity index (χ4n) is 2.07. The summed E-state index contributed by atoms with van der Waals surface area (Å²) in [6.45, 7) is 14.0. The number of aliphatic imine (C=N–C) groups is 1. The Morgan fingerprint density at radius 3 is 2.60 bits per heavy atom. The number of hydrogen-bond acceptors (Lipinski definition) is 6. The van der Waals surface area contributed by atoms with Gasteiger partial charge in [-0.25, -0.2) is 9.78 Å². The number of rotatable bonds is 7. The molecule has 0 aromatic carbocycles. The highest BCUT2D eigenvalue weighted by Gasteiger charge is 2.20. The molecule has 1 aromatic heterocycles. The van der Waals surface area contributed by atoms with Crippen LogP contribution in [0.2, 0.25) is 0 Å². The van der Waals surface area contributed by atoms with Gasteiger partial charge in [0.25, 0.3) is 0 Å². The molecule has 1 atom stereocenters. The van der Waals surface area contributed by atoms with Crippen LogP contribution in [-0.2, 0) is 4.74 Å². The number of aryl methyl sites for hydroxylation is 1. The highest BCUT2D eigenvalue weighted by molar-refractivity contribution is 7.13. The predicted molar refractivity (Wildman–Crippen MR) is 103 cm³/mol. The van der Waals surface area contributed by atoms with Crippen molar-refractivity contribution >= 4 is 23.3 Å². The van der Waals surface area contributed by atoms with Crippen molar-refractivity contribution in [2.45, 2.75) is 53.1 Å². The molecular weight excluding hydrogens is 338 g/mol. The first kappa shape index (κ1) is 21.4. The van der Waals surface area contributed by atoms with Gasteiger partial charge in [-0.1, -0.05) is 0 Å². The fraction of sp³-hybridized carbons (Fsp3) is 0.706. The number of hydrogen-bond donors (Lipinski definition) is 3. The minimum atomic E-state index is -0.313. The lowest BCUT2D eigenvalue weighted by molar-refractivity contribution is 0.0531. The molecule has 0 fully saturated rings. The van der Waals surface area contributed by atoms with Crippen LogP contribution < -0.4 is 16.0 Å². The zero-order valence-corrected chi connectivity index (χ0v) is 17.1. The van der Waals surface area contributed by atoms with Gasteiger partial charge in [0.15, 0.2) is 5.96 Å². The van der Waals surface area contributed by atoms with Gasteiger partial charge in [0.05, 0.1) is 18.3 Å². The summed E-state index contributed by atoms with van der Waals surface area (Å²) in [5.41, 5.74) is 0.790. The third kappa shape index (κ3) is 7.39. The summed E-state index contributed by atoms with van der Waals surface area (Å²) in [5, 5.41) is 10.8. The molecule has 0 spiro atoms. The molecular formula is C17H31N5O2S. The molecule has 0 aliphatic carbocycles. The lowest BCUT2D eigenvalue weighted by Crippen LogP contribution is -2.45. The van der Waals surface area contributed by atoms with Crippen molar-refractivity contribution in [3.05, 3.63) is 15.6 Å². The second-order valence-corrected chi connectivity index (χ2v) is 7.76. The van der Waals surface area contributed by atoms with Crippen LogP contribution >= 0.6 is 11.3 Å². The molecule has 1 aromatic rings. The molecule has 25 heavy (non-hydrogen) atoms. The highest BCUT2D eigenvalue weighted by atomic mass is 32.1. The molecule has 0 saturated heterocycles. The van der Waals surface area contributed by atoms with Gasteiger partial charge in [0, 0.05) is 25.7 Å². The topological polar surface area (TPSA) is 87.6 Å². The maximum absolute atomic E-state index is 11.9. The maximum Gasteiger partial charge on any atom is 0.350 e. The Labute approximate surface area is 154 Å². The van der Waals surface area contributed by atoms with E-state index >= 15 is 0 Å². The van der Waals surface area contributed by atoms with Crippen LogP contribution in [0.1, 0.15) is 61.0 Å². The van der Waals surface area contributed by atoms with Gasteiger partial charge in [-0.2, -0.15) is 0 Å². The summed E-state index contributed by atoms with van der Waals surface area (Å²) in [6, 6.07) is -0.0614. The maximum atomic E-state index is 11.9. The van der Waals surface area contributed by atoms with Gasteiger partial charge in [-0.3, -0.25) is 4.99 Å². The molecule has 0 bridgehead atoms. The molecule has 7 nitrogen and oxygen atoms in total. The van der Waals surface area contributed by atoms with Crippen LogP contribution in [0.15, 0.2) is 4.99 Å². The Bertz CT molecular complexity index is 592. The smallest absolute Gasteiger partial charge is 0.350 e. The van der Waals surface area contributed by atoms with Crippen molar-refractivity contribution in [2.24, 2.45) is 4.99 Å². The standard InChI is InChI=1S/C17H31N5O2S/c1-8-24-15(23)13-11(2)21-14(25-13)12(3)22-16(18-7)19-9-10-20-17(4,5)6/h12,20H,8-10H2,1-7H3,(H2,18,19,22). The predicted octanol–water partition coefficient (Wildman–Crippen LogP) is 2.24. The van der Waals surface area contributed by atoms with Crippen molar-refractivity contribution in [3.63, 3.8) is 0 Å². The Morgan fingerprint density at radius 1 is 1.36 bits per heavy atom. The molecule has 1 rings (SSSR count). The number of guanidine groups is 1. The van der Waals surface area contributed by atoms with E-state index in [2.05, 4.69) is 46.7 Å². The number of esters is 1. The van der Waals surface area contributed by atoms with Crippen LogP contribution in [0.25, 0.3) is 0 Å². The van der Waals surface area contributed by atoms with Crippen LogP contribution in [0.4, 0.5) is 0 Å². The first-order valence-corrected chi connectivity index (χ1v) is 9.36. The molecule has 0 radical (unpaired) electrons. The van der Waals surface area contributed by atoms with E-state index in [1.54, 1.807) is 14.0 Å². The van der Waals surface area contributed by atoms with Gasteiger partial charge in [0.2, 0.25) is 0 Å². The van der Waals surface area contributed by atoms with Crippen LogP contribution in [0.3, 0.4) is 0 Å². The second-order valence-electron chi connectivity index (χ2n) is 6.73. The number of nitrogens with zero attached hydrogens (tertiary/aromatic N) is 2. The molecule has 1 unspecified atom stereocenters. The molecule has 0 amide bonds. The first-order valence-electron chi connectivity index (χ1n) is 8.54. The summed E-state index contributed by atoms with van der Waals surface area (Å²) in [6.07, 6.45) is 0. The van der Waals surface area contributed by atoms with Crippen molar-refractivity contribution in [3.8, 4) is 0 Å². The quantitative estimate of drug-likeness (QED) is 0.296. The van der Waals surface area contributed by atoms with Crippen molar-refractivity contribution in [1.82, 2.24) is 20.9 Å². The lowest BCUT2D eigenvalue weighted by Gasteiger charge is -2.21. The lowest BCUT2D eigenvalue weighted by atomic mass is 10.1. The Morgan fingerprint density at radius 2 is 2.04 bits per heavy atom. The van der Waals surface area contributed by atoms with E-state index in [-0.39, 0.29) is 17.6 Å². The number of nitrogens with one attached hydrogen (secondary N) is 3. The van der Waals surface area contributed by atoms with E-state index in [0.717, 1.165) is 18.1 Å². The number of carbonyl (C=O) groups excluding carboxylic acids is 1. The summed E-state index contributed by atoms with van der Waals surface area (Å²) < 4.78 is 5.07. The van der Waals surface area contributed by atoms with Crippen LogP contribution in [-0.4, -0.2) is 49.2 Å². The number of carbonyl (C=O) groups is 1. The van der Waals surface area contributed by atoms with Crippen molar-refractivity contribution in [1.29, 1.82) is 0 Å². The van der Waals surface area contributed by atoms with Crippen LogP contribution in [0, 0.1) is 6.92 Å². The highest BCUT2D eigenvalue weighted by Crippen LogP contribution is 2.24. The molecule has 142 valence electrons. The zero-order chi connectivity index (χ0) is 19.0. The van der Waals surface area contributed by atoms with Gasteiger partial charge in [0.1, 0.15) is 9.88 Å². The molecule has 0 aliphatic rings. The monoisotopic (exact) mass is 369 g/mol. The van der Waals surface area contributed by atoms with Gasteiger partial charge in [-0.05, 0) is 41.5 Å². The fourth-order valence-corrected chi connectivity index (χ4v) is 3.03. The number of aromatic nitrogens is 1. The van der Waals surface area contributed by atoms with Crippen LogP contribution in [0.5, 0.6) is 0 Å². The Hall–Kier alpha value is -1.67. The van der Waals surface area contributed by atoms with Gasteiger partial charge >= 0.3 is 5.97 Å². The van der Waals surface area contributed by atoms with E-state index < -0.39 is 0 Å². The largest absolute Gasteiger partial charge is 0.462 e. The summed E-state index contributed by atoms with van der Waals surface area (Å²) in [5.74, 6) is 0.389. The first-order chi connectivity index (χ1) is 11.7. The average molecular weight is 370 g/mol. The van der Waals surface area contributed by atoms with Gasteiger partial charge < -0.3 is 20.7 Å². The second kappa shape index (κ2) is 9.72. The molecule has 3 N–H and O–H groups in total. The van der Waals surface area contributed by atoms with E-state index in [1.807, 2.05) is 13.8 Å². The minimum absolute atomic E-state index is 0.0614. The summed E-state index contributed by atoms with van der Waals surface area (Å²) in [7, 11) is 1.73. The van der Waals surface area contributed by atoms with Crippen molar-refractivity contribution < 1.29 is 9.53 Å². The van der Waals surface area contributed by atoms with Crippen molar-refractivity contribution in [2.75, 3.05) is 26.7 Å². The van der Waals surface area contributed by atoms with Gasteiger partial charge in [-0.15, -0.1) is 11.3 Å². The van der Waals surface area contributed by atoms with E-state index in [9.17, 15) is 4.79 Å². The van der Waals surface area contributed by atoms with E-state index in [0.29, 0.717) is 23.1 Å². The molecule has 1 heterocycles. The normalized spacial score (nSPS) is 13.5. The Kier molecular flexibility index (Phi) is 8.31. The third-order valence-corrected chi connectivity index (χ3v) is 4.61. The average Bonchev–Trinajstić information content (AvgIpc) is 2.91. The SMILES string of the molecule is CCOC(=O)c1sc(C(C)NC(=NC)NCCNC(C)(C)C)nc1C. The molecule has 8 heteroatoms. The Balaban J connectivity index is 2.60. The number of thiazole rings is 1. The van der Waals surface area contributed by atoms with E-state index in [4.69, 9.17) is 4.74 Å². The molecule has 0 saturated carbocycles. The van der Waals surface area contributed by atoms with E-state index in [1.165, 1.54) is 11.3 Å². The minimum Gasteiger partial charge on any atom is -0.462 e.